The number of para-hydroxylation sites is 2. The second-order valence-corrected chi connectivity index (χ2v) is 15.3. The molecule has 0 aliphatic heterocycles. The number of nitrogens with one attached hydrogen (secondary N) is 1. The first kappa shape index (κ1) is 26.9. The van der Waals surface area contributed by atoms with Crippen LogP contribution < -0.4 is 0 Å². The second-order valence-electron chi connectivity index (χ2n) is 12.1. The van der Waals surface area contributed by atoms with Crippen LogP contribution in [0.1, 0.15) is 0 Å². The summed E-state index contributed by atoms with van der Waals surface area (Å²) >= 11 is 0. The highest BCUT2D eigenvalue weighted by Gasteiger charge is 2.27. The van der Waals surface area contributed by atoms with Crippen molar-refractivity contribution in [3.63, 3.8) is 0 Å². The first-order valence-corrected chi connectivity index (χ1v) is 17.8. The maximum absolute atomic E-state index is 3.58. The molecular weight excluding hydrogens is 577 g/mol. The number of benzene rings is 7. The van der Waals surface area contributed by atoms with Crippen LogP contribution in [0.5, 0.6) is 0 Å². The van der Waals surface area contributed by atoms with Crippen LogP contribution in [0.4, 0.5) is 0 Å². The van der Waals surface area contributed by atoms with Gasteiger partial charge < -0.3 is 9.55 Å². The average molecular weight is 609 g/mol. The molecule has 0 radical (unpaired) electrons. The lowest BCUT2D eigenvalue weighted by atomic mass is 10.0. The number of rotatable bonds is 5. The Morgan fingerprint density at radius 2 is 0.935 bits per heavy atom. The molecule has 9 rings (SSSR count). The summed E-state index contributed by atoms with van der Waals surface area (Å²) in [7, 11) is -1.50. The number of fused-ring (bicyclic) bond motifs is 6. The van der Waals surface area contributed by atoms with Gasteiger partial charge in [-0.15, -0.1) is 0 Å². The van der Waals surface area contributed by atoms with Crippen molar-refractivity contribution in [1.82, 2.24) is 9.55 Å². The molecule has 2 aromatic heterocycles. The Labute approximate surface area is 269 Å². The minimum absolute atomic E-state index is 1.17. The van der Waals surface area contributed by atoms with Gasteiger partial charge in [0.25, 0.3) is 0 Å². The number of hydrogen-bond acceptors (Lipinski definition) is 0. The fraction of sp³-hybridized carbons (Fsp3) is 0.0233. The number of nitrogens with zero attached hydrogens (tertiary/aromatic N) is 1. The summed E-state index contributed by atoms with van der Waals surface area (Å²) in [6.07, 6.45) is 2.44. The minimum Gasteiger partial charge on any atom is -0.355 e. The second kappa shape index (κ2) is 10.5. The first-order valence-electron chi connectivity index (χ1n) is 15.7. The molecule has 0 aliphatic carbocycles. The summed E-state index contributed by atoms with van der Waals surface area (Å²) in [6, 6.07) is 62.3. The number of aromatic amines is 1. The van der Waals surface area contributed by atoms with Crippen molar-refractivity contribution < 1.29 is 0 Å². The van der Waals surface area contributed by atoms with Crippen molar-refractivity contribution in [1.29, 1.82) is 0 Å². The molecular formula is C43H32N2S. The predicted octanol–water partition coefficient (Wildman–Crippen LogP) is 12.0. The Hall–Kier alpha value is -5.51. The summed E-state index contributed by atoms with van der Waals surface area (Å²) in [5.74, 6) is 0. The molecule has 7 aromatic carbocycles. The van der Waals surface area contributed by atoms with E-state index in [2.05, 4.69) is 186 Å². The van der Waals surface area contributed by atoms with Gasteiger partial charge in [-0.3, -0.25) is 0 Å². The van der Waals surface area contributed by atoms with E-state index < -0.39 is 10.0 Å². The van der Waals surface area contributed by atoms with Crippen LogP contribution in [0.3, 0.4) is 0 Å². The molecule has 220 valence electrons. The Kier molecular flexibility index (Phi) is 6.16. The van der Waals surface area contributed by atoms with E-state index in [0.717, 1.165) is 0 Å². The van der Waals surface area contributed by atoms with E-state index in [4.69, 9.17) is 0 Å². The van der Waals surface area contributed by atoms with E-state index in [1.165, 1.54) is 75.1 Å². The van der Waals surface area contributed by atoms with E-state index in [1.807, 2.05) is 0 Å². The third kappa shape index (κ3) is 4.13. The fourth-order valence-corrected chi connectivity index (χ4v) is 10.0. The molecule has 3 heteroatoms. The van der Waals surface area contributed by atoms with E-state index in [9.17, 15) is 0 Å². The van der Waals surface area contributed by atoms with Gasteiger partial charge in [0.05, 0.1) is 11.0 Å². The molecule has 0 bridgehead atoms. The van der Waals surface area contributed by atoms with Crippen LogP contribution in [0.2, 0.25) is 0 Å². The van der Waals surface area contributed by atoms with E-state index in [0.29, 0.717) is 0 Å². The summed E-state index contributed by atoms with van der Waals surface area (Å²) in [4.78, 5) is 7.66. The lowest BCUT2D eigenvalue weighted by molar-refractivity contribution is 1.18. The van der Waals surface area contributed by atoms with E-state index in [1.54, 1.807) is 0 Å². The SMILES string of the molecule is CS(c1ccccc1)(c1ccccc1)c1ccc2c(c1)c1cc(-c3ccc4[nH]c5ccccc5c4c3)ccc1n2-c1ccccc1. The van der Waals surface area contributed by atoms with Crippen LogP contribution in [0.25, 0.3) is 60.4 Å². The van der Waals surface area contributed by atoms with Gasteiger partial charge in [-0.1, -0.05) is 84.9 Å². The van der Waals surface area contributed by atoms with Crippen LogP contribution in [-0.4, -0.2) is 15.8 Å². The topological polar surface area (TPSA) is 20.7 Å². The first-order chi connectivity index (χ1) is 22.7. The largest absolute Gasteiger partial charge is 0.355 e. The zero-order chi connectivity index (χ0) is 30.7. The molecule has 1 N–H and O–H groups in total. The van der Waals surface area contributed by atoms with Gasteiger partial charge >= 0.3 is 0 Å². The molecule has 9 aromatic rings. The van der Waals surface area contributed by atoms with Gasteiger partial charge in [-0.25, -0.2) is 0 Å². The summed E-state index contributed by atoms with van der Waals surface area (Å²) < 4.78 is 2.42. The van der Waals surface area contributed by atoms with E-state index in [-0.39, 0.29) is 0 Å². The molecule has 0 unspecified atom stereocenters. The van der Waals surface area contributed by atoms with Crippen molar-refractivity contribution in [3.8, 4) is 16.8 Å². The van der Waals surface area contributed by atoms with Gasteiger partial charge in [0.2, 0.25) is 0 Å². The third-order valence-corrected chi connectivity index (χ3v) is 13.1. The van der Waals surface area contributed by atoms with Gasteiger partial charge in [0.15, 0.2) is 0 Å². The summed E-state index contributed by atoms with van der Waals surface area (Å²) in [5, 5.41) is 5.05. The molecule has 0 spiro atoms. The molecule has 0 amide bonds. The van der Waals surface area contributed by atoms with Crippen LogP contribution in [-0.2, 0) is 0 Å². The van der Waals surface area contributed by atoms with Gasteiger partial charge in [0, 0.05) is 38.3 Å². The number of aromatic nitrogens is 2. The predicted molar refractivity (Wildman–Crippen MR) is 197 cm³/mol. The average Bonchev–Trinajstić information content (AvgIpc) is 3.67. The molecule has 2 nitrogen and oxygen atoms in total. The molecule has 2 heterocycles. The van der Waals surface area contributed by atoms with Gasteiger partial charge in [-0.05, 0) is 117 Å². The van der Waals surface area contributed by atoms with Crippen LogP contribution in [0.15, 0.2) is 185 Å². The molecule has 0 atom stereocenters. The van der Waals surface area contributed by atoms with Crippen LogP contribution in [0, 0.1) is 0 Å². The third-order valence-electron chi connectivity index (χ3n) is 9.49. The highest BCUT2D eigenvalue weighted by atomic mass is 32.3. The monoisotopic (exact) mass is 608 g/mol. The summed E-state index contributed by atoms with van der Waals surface area (Å²) in [6.45, 7) is 0. The standard InChI is InChI=1S/C43H32N2S/c1-46(33-15-7-3-8-16-33,34-17-9-4-10-18-34)35-23-26-43-39(29-35)38-28-31(22-25-42(38)45(43)32-13-5-2-6-14-32)30-21-24-41-37(27-30)36-19-11-12-20-40(36)44-41/h2-29,44H,1H3. The molecule has 0 aliphatic rings. The summed E-state index contributed by atoms with van der Waals surface area (Å²) in [5.41, 5.74) is 8.39. The van der Waals surface area contributed by atoms with Crippen molar-refractivity contribution in [2.45, 2.75) is 14.7 Å². The lowest BCUT2D eigenvalue weighted by Crippen LogP contribution is -2.01. The lowest BCUT2D eigenvalue weighted by Gasteiger charge is -2.37. The Bertz CT molecular complexity index is 2490. The maximum Gasteiger partial charge on any atom is 0.0541 e. The number of hydrogen-bond donors (Lipinski definition) is 1. The maximum atomic E-state index is 3.58. The van der Waals surface area contributed by atoms with Crippen molar-refractivity contribution in [3.05, 3.63) is 170 Å². The molecule has 0 fully saturated rings. The Morgan fingerprint density at radius 3 is 1.63 bits per heavy atom. The van der Waals surface area contributed by atoms with Crippen molar-refractivity contribution in [2.75, 3.05) is 6.26 Å². The molecule has 46 heavy (non-hydrogen) atoms. The smallest absolute Gasteiger partial charge is 0.0541 e. The zero-order valence-electron chi connectivity index (χ0n) is 25.5. The van der Waals surface area contributed by atoms with E-state index >= 15 is 0 Å². The molecule has 0 saturated heterocycles. The fourth-order valence-electron chi connectivity index (χ4n) is 7.11. The zero-order valence-corrected chi connectivity index (χ0v) is 26.3. The van der Waals surface area contributed by atoms with Gasteiger partial charge in [-0.2, -0.15) is 10.0 Å². The van der Waals surface area contributed by atoms with Gasteiger partial charge in [0.1, 0.15) is 0 Å². The Morgan fingerprint density at radius 1 is 0.413 bits per heavy atom. The number of H-pyrrole nitrogens is 1. The minimum atomic E-state index is -1.50. The van der Waals surface area contributed by atoms with Crippen molar-refractivity contribution in [2.24, 2.45) is 0 Å². The van der Waals surface area contributed by atoms with Crippen LogP contribution >= 0.6 is 10.0 Å². The Balaban J connectivity index is 1.31. The highest BCUT2D eigenvalue weighted by molar-refractivity contribution is 8.33. The quantitative estimate of drug-likeness (QED) is 0.201. The van der Waals surface area contributed by atoms with Crippen molar-refractivity contribution >= 4 is 53.6 Å². The molecule has 0 saturated carbocycles. The normalized spacial score (nSPS) is 12.4. The highest BCUT2D eigenvalue weighted by Crippen LogP contribution is 2.66.